The molecule has 22 heavy (non-hydrogen) atoms. The van der Waals surface area contributed by atoms with Gasteiger partial charge in [-0.15, -0.1) is 5.10 Å². The summed E-state index contributed by atoms with van der Waals surface area (Å²) in [6, 6.07) is 3.12. The highest BCUT2D eigenvalue weighted by atomic mass is 16.5. The normalized spacial score (nSPS) is 13.5. The van der Waals surface area contributed by atoms with Crippen LogP contribution in [0.15, 0.2) is 12.1 Å². The van der Waals surface area contributed by atoms with Crippen molar-refractivity contribution in [3.05, 3.63) is 29.1 Å². The van der Waals surface area contributed by atoms with Crippen molar-refractivity contribution in [3.63, 3.8) is 0 Å². The number of rotatable bonds is 4. The van der Waals surface area contributed by atoms with Crippen molar-refractivity contribution in [2.75, 3.05) is 19.1 Å². The molecule has 0 saturated carbocycles. The first-order valence-corrected chi connectivity index (χ1v) is 6.67. The summed E-state index contributed by atoms with van der Waals surface area (Å²) in [6.45, 7) is 1.89. The number of aromatic nitrogens is 3. The summed E-state index contributed by atoms with van der Waals surface area (Å²) in [5.41, 5.74) is 0.403. The molecule has 1 aliphatic rings. The number of carbonyl (C=O) groups is 2. The minimum atomic E-state index is -0.530. The molecular formula is C14H14N4O4. The van der Waals surface area contributed by atoms with E-state index in [4.69, 9.17) is 9.47 Å². The van der Waals surface area contributed by atoms with E-state index in [-0.39, 0.29) is 22.8 Å². The smallest absolute Gasteiger partial charge is 0.272 e. The molecular weight excluding hydrogens is 288 g/mol. The number of anilines is 1. The second-order valence-corrected chi connectivity index (χ2v) is 4.61. The molecule has 2 amide bonds. The molecule has 0 fully saturated rings. The molecule has 1 aromatic carbocycles. The molecule has 0 spiro atoms. The van der Waals surface area contributed by atoms with E-state index in [1.54, 1.807) is 6.07 Å². The van der Waals surface area contributed by atoms with Gasteiger partial charge in [0.25, 0.3) is 17.8 Å². The second kappa shape index (κ2) is 5.14. The van der Waals surface area contributed by atoms with E-state index in [1.807, 2.05) is 6.92 Å². The number of aryl methyl sites for hydroxylation is 1. The van der Waals surface area contributed by atoms with Crippen molar-refractivity contribution < 1.29 is 19.1 Å². The number of amides is 2. The maximum Gasteiger partial charge on any atom is 0.272 e. The van der Waals surface area contributed by atoms with Crippen LogP contribution < -0.4 is 14.4 Å². The minimum Gasteiger partial charge on any atom is -0.493 e. The fraction of sp³-hybridized carbons (Fsp3) is 0.286. The number of hydrogen-bond acceptors (Lipinski definition) is 6. The van der Waals surface area contributed by atoms with Gasteiger partial charge in [0.2, 0.25) is 0 Å². The van der Waals surface area contributed by atoms with Gasteiger partial charge in [0, 0.05) is 6.42 Å². The van der Waals surface area contributed by atoms with Crippen LogP contribution in [0.4, 0.5) is 5.95 Å². The first-order valence-electron chi connectivity index (χ1n) is 6.67. The van der Waals surface area contributed by atoms with Gasteiger partial charge >= 0.3 is 0 Å². The molecule has 8 heteroatoms. The van der Waals surface area contributed by atoms with E-state index < -0.39 is 11.8 Å². The molecule has 0 aliphatic carbocycles. The van der Waals surface area contributed by atoms with Crippen molar-refractivity contribution in [3.8, 4) is 11.5 Å². The molecule has 2 heterocycles. The predicted octanol–water partition coefficient (Wildman–Crippen LogP) is 1.18. The van der Waals surface area contributed by atoms with Gasteiger partial charge in [-0.1, -0.05) is 6.92 Å². The van der Waals surface area contributed by atoms with Crippen LogP contribution in [-0.4, -0.2) is 41.2 Å². The number of H-pyrrole nitrogens is 1. The number of benzene rings is 1. The monoisotopic (exact) mass is 302 g/mol. The lowest BCUT2D eigenvalue weighted by Crippen LogP contribution is -2.30. The van der Waals surface area contributed by atoms with E-state index in [0.717, 1.165) is 4.90 Å². The van der Waals surface area contributed by atoms with Gasteiger partial charge < -0.3 is 9.47 Å². The van der Waals surface area contributed by atoms with Gasteiger partial charge in [-0.3, -0.25) is 14.7 Å². The molecule has 0 saturated heterocycles. The number of aromatic amines is 1. The maximum atomic E-state index is 12.6. The topological polar surface area (TPSA) is 97.4 Å². The van der Waals surface area contributed by atoms with Gasteiger partial charge in [-0.05, 0) is 12.1 Å². The Hall–Kier alpha value is -2.90. The van der Waals surface area contributed by atoms with Crippen molar-refractivity contribution >= 4 is 17.8 Å². The lowest BCUT2D eigenvalue weighted by molar-refractivity contribution is 0.0923. The molecule has 2 aromatic rings. The Bertz CT molecular complexity index is 768. The number of nitrogens with zero attached hydrogens (tertiary/aromatic N) is 3. The lowest BCUT2D eigenvalue weighted by Gasteiger charge is -2.10. The van der Waals surface area contributed by atoms with Crippen molar-refractivity contribution in [1.82, 2.24) is 15.2 Å². The molecule has 114 valence electrons. The van der Waals surface area contributed by atoms with E-state index in [9.17, 15) is 9.59 Å². The van der Waals surface area contributed by atoms with Crippen molar-refractivity contribution in [2.24, 2.45) is 0 Å². The highest BCUT2D eigenvalue weighted by Gasteiger charge is 2.42. The van der Waals surface area contributed by atoms with Crippen molar-refractivity contribution in [2.45, 2.75) is 13.3 Å². The Labute approximate surface area is 126 Å². The Balaban J connectivity index is 2.12. The molecule has 0 atom stereocenters. The van der Waals surface area contributed by atoms with Gasteiger partial charge in [0.15, 0.2) is 11.5 Å². The highest BCUT2D eigenvalue weighted by Crippen LogP contribution is 2.39. The van der Waals surface area contributed by atoms with Gasteiger partial charge in [0.1, 0.15) is 5.82 Å². The van der Waals surface area contributed by atoms with E-state index >= 15 is 0 Å². The van der Waals surface area contributed by atoms with E-state index in [1.165, 1.54) is 20.3 Å². The first-order chi connectivity index (χ1) is 10.6. The van der Waals surface area contributed by atoms with Crippen molar-refractivity contribution in [1.29, 1.82) is 0 Å². The third-order valence-electron chi connectivity index (χ3n) is 3.45. The Morgan fingerprint density at radius 2 is 1.95 bits per heavy atom. The molecule has 1 N–H and O–H groups in total. The predicted molar refractivity (Wildman–Crippen MR) is 76.4 cm³/mol. The fourth-order valence-corrected chi connectivity index (χ4v) is 2.37. The fourth-order valence-electron chi connectivity index (χ4n) is 2.37. The summed E-state index contributed by atoms with van der Waals surface area (Å²) < 4.78 is 10.4. The highest BCUT2D eigenvalue weighted by molar-refractivity contribution is 6.35. The number of fused-ring (bicyclic) bond motifs is 1. The van der Waals surface area contributed by atoms with Crippen LogP contribution in [0.2, 0.25) is 0 Å². The molecule has 0 unspecified atom stereocenters. The van der Waals surface area contributed by atoms with E-state index in [2.05, 4.69) is 15.2 Å². The number of nitrogens with one attached hydrogen (secondary N) is 1. The number of carbonyl (C=O) groups excluding carboxylic acids is 2. The summed E-state index contributed by atoms with van der Waals surface area (Å²) in [5.74, 6) is 0.223. The summed E-state index contributed by atoms with van der Waals surface area (Å²) in [7, 11) is 2.88. The third-order valence-corrected chi connectivity index (χ3v) is 3.45. The zero-order valence-electron chi connectivity index (χ0n) is 12.3. The standard InChI is InChI=1S/C14H14N4O4/c1-4-9-15-14(17-16-9)18-12(19)7-5-6-8(21-2)11(22-3)10(7)13(18)20/h5-6H,4H2,1-3H3,(H,15,16,17). The second-order valence-electron chi connectivity index (χ2n) is 4.61. The van der Waals surface area contributed by atoms with Crippen LogP contribution >= 0.6 is 0 Å². The zero-order valence-corrected chi connectivity index (χ0v) is 12.3. The Kier molecular flexibility index (Phi) is 3.28. The molecule has 0 radical (unpaired) electrons. The van der Waals surface area contributed by atoms with Crippen LogP contribution in [0.5, 0.6) is 11.5 Å². The van der Waals surface area contributed by atoms with Crippen LogP contribution in [0.3, 0.4) is 0 Å². The third kappa shape index (κ3) is 1.84. The van der Waals surface area contributed by atoms with Gasteiger partial charge in [0.05, 0.1) is 25.3 Å². The summed E-state index contributed by atoms with van der Waals surface area (Å²) in [6.07, 6.45) is 0.618. The van der Waals surface area contributed by atoms with Gasteiger partial charge in [-0.2, -0.15) is 4.98 Å². The Morgan fingerprint density at radius 3 is 2.55 bits per heavy atom. The quantitative estimate of drug-likeness (QED) is 0.852. The van der Waals surface area contributed by atoms with Crippen LogP contribution in [0.25, 0.3) is 0 Å². The molecule has 3 rings (SSSR count). The average molecular weight is 302 g/mol. The van der Waals surface area contributed by atoms with Crippen LogP contribution in [0.1, 0.15) is 33.5 Å². The summed E-state index contributed by atoms with van der Waals surface area (Å²) >= 11 is 0. The number of imide groups is 1. The SMILES string of the molecule is CCc1nc(N2C(=O)c3ccc(OC)c(OC)c3C2=O)n[nH]1. The first kappa shape index (κ1) is 14.1. The zero-order chi connectivity index (χ0) is 15.9. The number of ether oxygens (including phenoxy) is 2. The maximum absolute atomic E-state index is 12.6. The lowest BCUT2D eigenvalue weighted by atomic mass is 10.1. The summed E-state index contributed by atoms with van der Waals surface area (Å²) in [5, 5.41) is 6.62. The van der Waals surface area contributed by atoms with Gasteiger partial charge in [-0.25, -0.2) is 4.90 Å². The van der Waals surface area contributed by atoms with Crippen LogP contribution in [-0.2, 0) is 6.42 Å². The number of methoxy groups -OCH3 is 2. The molecule has 1 aromatic heterocycles. The number of hydrogen-bond donors (Lipinski definition) is 1. The average Bonchev–Trinajstić information content (AvgIpc) is 3.10. The summed E-state index contributed by atoms with van der Waals surface area (Å²) in [4.78, 5) is 30.2. The minimum absolute atomic E-state index is 0.0315. The largest absolute Gasteiger partial charge is 0.493 e. The Morgan fingerprint density at radius 1 is 1.18 bits per heavy atom. The van der Waals surface area contributed by atoms with E-state index in [0.29, 0.717) is 18.0 Å². The molecule has 0 bridgehead atoms. The van der Waals surface area contributed by atoms with Crippen LogP contribution in [0, 0.1) is 0 Å². The molecule has 1 aliphatic heterocycles. The molecule has 8 nitrogen and oxygen atoms in total.